The number of carbonyl (C=O) groups excluding carboxylic acids is 1. The van der Waals surface area contributed by atoms with E-state index in [1.54, 1.807) is 6.08 Å². The van der Waals surface area contributed by atoms with Gasteiger partial charge < -0.3 is 10.0 Å². The SMILES string of the molecule is O=C(/C=C/c1cccc(Br)c1)N1CCCC(CO)C1. The van der Waals surface area contributed by atoms with Gasteiger partial charge in [-0.2, -0.15) is 0 Å². The minimum absolute atomic E-state index is 0.0260. The van der Waals surface area contributed by atoms with E-state index in [2.05, 4.69) is 15.9 Å². The molecule has 19 heavy (non-hydrogen) atoms. The molecule has 1 amide bonds. The lowest BCUT2D eigenvalue weighted by molar-refractivity contribution is -0.127. The number of nitrogens with zero attached hydrogens (tertiary/aromatic N) is 1. The van der Waals surface area contributed by atoms with Crippen LogP contribution < -0.4 is 0 Å². The number of amides is 1. The van der Waals surface area contributed by atoms with E-state index < -0.39 is 0 Å². The smallest absolute Gasteiger partial charge is 0.246 e. The van der Waals surface area contributed by atoms with Crippen LogP contribution in [0.5, 0.6) is 0 Å². The largest absolute Gasteiger partial charge is 0.396 e. The number of halogens is 1. The summed E-state index contributed by atoms with van der Waals surface area (Å²) in [5, 5.41) is 9.17. The minimum atomic E-state index is 0.0260. The van der Waals surface area contributed by atoms with Crippen LogP contribution in [0.3, 0.4) is 0 Å². The molecule has 1 aliphatic heterocycles. The van der Waals surface area contributed by atoms with E-state index in [0.29, 0.717) is 6.54 Å². The second-order valence-corrected chi connectivity index (χ2v) is 5.78. The maximum atomic E-state index is 12.1. The summed E-state index contributed by atoms with van der Waals surface area (Å²) in [6.45, 7) is 1.62. The lowest BCUT2D eigenvalue weighted by Gasteiger charge is -2.31. The second-order valence-electron chi connectivity index (χ2n) is 4.86. The molecule has 1 N–H and O–H groups in total. The van der Waals surface area contributed by atoms with Crippen LogP contribution in [-0.4, -0.2) is 35.6 Å². The zero-order valence-electron chi connectivity index (χ0n) is 10.8. The maximum absolute atomic E-state index is 12.1. The van der Waals surface area contributed by atoms with E-state index in [-0.39, 0.29) is 18.4 Å². The predicted octanol–water partition coefficient (Wildman–Crippen LogP) is 2.69. The Labute approximate surface area is 122 Å². The molecule has 1 aromatic rings. The fraction of sp³-hybridized carbons (Fsp3) is 0.400. The molecule has 3 nitrogen and oxygen atoms in total. The minimum Gasteiger partial charge on any atom is -0.396 e. The first-order valence-corrected chi connectivity index (χ1v) is 7.32. The Kier molecular flexibility index (Phi) is 5.16. The van der Waals surface area contributed by atoms with Crippen LogP contribution in [0.25, 0.3) is 6.08 Å². The van der Waals surface area contributed by atoms with E-state index >= 15 is 0 Å². The monoisotopic (exact) mass is 323 g/mol. The van der Waals surface area contributed by atoms with Crippen molar-refractivity contribution in [2.45, 2.75) is 12.8 Å². The molecular formula is C15H18BrNO2. The Morgan fingerprint density at radius 1 is 1.53 bits per heavy atom. The summed E-state index contributed by atoms with van der Waals surface area (Å²) in [7, 11) is 0. The Balaban J connectivity index is 1.96. The third-order valence-electron chi connectivity index (χ3n) is 3.36. The summed E-state index contributed by atoms with van der Waals surface area (Å²) < 4.78 is 1.00. The van der Waals surface area contributed by atoms with Crippen LogP contribution >= 0.6 is 15.9 Å². The number of aliphatic hydroxyl groups excluding tert-OH is 1. The van der Waals surface area contributed by atoms with E-state index in [9.17, 15) is 4.79 Å². The highest BCUT2D eigenvalue weighted by Gasteiger charge is 2.21. The molecule has 0 aromatic heterocycles. The quantitative estimate of drug-likeness (QED) is 0.869. The van der Waals surface area contributed by atoms with Crippen molar-refractivity contribution in [2.24, 2.45) is 5.92 Å². The molecule has 4 heteroatoms. The summed E-state index contributed by atoms with van der Waals surface area (Å²) in [4.78, 5) is 13.9. The van der Waals surface area contributed by atoms with Gasteiger partial charge in [0.15, 0.2) is 0 Å². The Morgan fingerprint density at radius 2 is 2.37 bits per heavy atom. The van der Waals surface area contributed by atoms with Crippen LogP contribution in [0, 0.1) is 5.92 Å². The molecule has 1 saturated heterocycles. The van der Waals surface area contributed by atoms with E-state index in [0.717, 1.165) is 29.4 Å². The first-order chi connectivity index (χ1) is 9.19. The van der Waals surface area contributed by atoms with Gasteiger partial charge in [-0.15, -0.1) is 0 Å². The summed E-state index contributed by atoms with van der Waals surface area (Å²) in [6.07, 6.45) is 5.43. The zero-order valence-corrected chi connectivity index (χ0v) is 12.3. The van der Waals surface area contributed by atoms with Crippen molar-refractivity contribution in [3.8, 4) is 0 Å². The van der Waals surface area contributed by atoms with Crippen molar-refractivity contribution in [3.05, 3.63) is 40.4 Å². The first kappa shape index (κ1) is 14.3. The van der Waals surface area contributed by atoms with Gasteiger partial charge in [0, 0.05) is 30.2 Å². The Hall–Kier alpha value is -1.13. The van der Waals surface area contributed by atoms with Crippen molar-refractivity contribution in [1.29, 1.82) is 0 Å². The van der Waals surface area contributed by atoms with Gasteiger partial charge in [0.1, 0.15) is 0 Å². The van der Waals surface area contributed by atoms with Gasteiger partial charge in [0.2, 0.25) is 5.91 Å². The van der Waals surface area contributed by atoms with Crippen LogP contribution in [-0.2, 0) is 4.79 Å². The summed E-state index contributed by atoms with van der Waals surface area (Å²) in [5.74, 6) is 0.259. The fourth-order valence-corrected chi connectivity index (χ4v) is 2.71. The lowest BCUT2D eigenvalue weighted by atomic mass is 9.99. The van der Waals surface area contributed by atoms with Crippen molar-refractivity contribution in [3.63, 3.8) is 0 Å². The van der Waals surface area contributed by atoms with Crippen LogP contribution in [0.15, 0.2) is 34.8 Å². The highest BCUT2D eigenvalue weighted by Crippen LogP contribution is 2.17. The highest BCUT2D eigenvalue weighted by atomic mass is 79.9. The number of rotatable bonds is 3. The van der Waals surface area contributed by atoms with Gasteiger partial charge in [-0.3, -0.25) is 4.79 Å². The van der Waals surface area contributed by atoms with Gasteiger partial charge in [0.05, 0.1) is 0 Å². The molecule has 2 rings (SSSR count). The molecule has 0 saturated carbocycles. The Bertz CT molecular complexity index is 473. The molecule has 0 aliphatic carbocycles. The third kappa shape index (κ3) is 4.18. The highest BCUT2D eigenvalue weighted by molar-refractivity contribution is 9.10. The van der Waals surface area contributed by atoms with Gasteiger partial charge in [0.25, 0.3) is 0 Å². The maximum Gasteiger partial charge on any atom is 0.246 e. The fourth-order valence-electron chi connectivity index (χ4n) is 2.30. The molecule has 1 aliphatic rings. The predicted molar refractivity (Wildman–Crippen MR) is 79.6 cm³/mol. The first-order valence-electron chi connectivity index (χ1n) is 6.52. The van der Waals surface area contributed by atoms with E-state index in [1.165, 1.54) is 0 Å². The number of carbonyl (C=O) groups is 1. The third-order valence-corrected chi connectivity index (χ3v) is 3.85. The summed E-state index contributed by atoms with van der Waals surface area (Å²) in [6, 6.07) is 7.82. The molecule has 1 fully saturated rings. The van der Waals surface area contributed by atoms with Crippen LogP contribution in [0.1, 0.15) is 18.4 Å². The number of hydrogen-bond donors (Lipinski definition) is 1. The molecule has 0 radical (unpaired) electrons. The van der Waals surface area contributed by atoms with Gasteiger partial charge in [-0.1, -0.05) is 28.1 Å². The molecule has 0 spiro atoms. The molecule has 1 unspecified atom stereocenters. The number of likely N-dealkylation sites (tertiary alicyclic amines) is 1. The van der Waals surface area contributed by atoms with Gasteiger partial charge in [-0.05, 0) is 42.5 Å². The number of aliphatic hydroxyl groups is 1. The summed E-state index contributed by atoms with van der Waals surface area (Å²) >= 11 is 3.41. The van der Waals surface area contributed by atoms with E-state index in [1.807, 2.05) is 35.2 Å². The molecule has 102 valence electrons. The molecule has 1 heterocycles. The Morgan fingerprint density at radius 3 is 3.11 bits per heavy atom. The van der Waals surface area contributed by atoms with E-state index in [4.69, 9.17) is 5.11 Å². The molecular weight excluding hydrogens is 306 g/mol. The van der Waals surface area contributed by atoms with Crippen molar-refractivity contribution < 1.29 is 9.90 Å². The molecule has 1 atom stereocenters. The van der Waals surface area contributed by atoms with Crippen molar-refractivity contribution in [1.82, 2.24) is 4.90 Å². The normalized spacial score (nSPS) is 19.9. The number of hydrogen-bond acceptors (Lipinski definition) is 2. The average molecular weight is 324 g/mol. The number of benzene rings is 1. The molecule has 0 bridgehead atoms. The summed E-state index contributed by atoms with van der Waals surface area (Å²) in [5.41, 5.74) is 0.999. The number of piperidine rings is 1. The van der Waals surface area contributed by atoms with Crippen molar-refractivity contribution >= 4 is 27.9 Å². The van der Waals surface area contributed by atoms with Crippen LogP contribution in [0.4, 0.5) is 0 Å². The standard InChI is InChI=1S/C15H18BrNO2/c16-14-5-1-3-12(9-14)6-7-15(19)17-8-2-4-13(10-17)11-18/h1,3,5-7,9,13,18H,2,4,8,10-11H2/b7-6+. The van der Waals surface area contributed by atoms with Crippen LogP contribution in [0.2, 0.25) is 0 Å². The topological polar surface area (TPSA) is 40.5 Å². The zero-order chi connectivity index (χ0) is 13.7. The molecule has 1 aromatic carbocycles. The van der Waals surface area contributed by atoms with Gasteiger partial charge >= 0.3 is 0 Å². The second kappa shape index (κ2) is 6.87. The van der Waals surface area contributed by atoms with Gasteiger partial charge in [-0.25, -0.2) is 0 Å². The van der Waals surface area contributed by atoms with Crippen molar-refractivity contribution in [2.75, 3.05) is 19.7 Å². The lowest BCUT2D eigenvalue weighted by Crippen LogP contribution is -2.40. The average Bonchev–Trinajstić information content (AvgIpc) is 2.45.